The summed E-state index contributed by atoms with van der Waals surface area (Å²) in [6.07, 6.45) is 1.79. The van der Waals surface area contributed by atoms with Gasteiger partial charge in [0, 0.05) is 10.6 Å². The molecule has 0 N–H and O–H groups in total. The highest BCUT2D eigenvalue weighted by molar-refractivity contribution is 7.19. The van der Waals surface area contributed by atoms with E-state index < -0.39 is 0 Å². The van der Waals surface area contributed by atoms with E-state index >= 15 is 0 Å². The lowest BCUT2D eigenvalue weighted by molar-refractivity contribution is 0.284. The molecule has 0 aliphatic heterocycles. The number of benzene rings is 3. The molecule has 4 rings (SSSR count). The molecule has 0 aliphatic carbocycles. The quantitative estimate of drug-likeness (QED) is 0.322. The summed E-state index contributed by atoms with van der Waals surface area (Å²) in [5.41, 5.74) is 3.03. The van der Waals surface area contributed by atoms with Crippen molar-refractivity contribution in [2.75, 3.05) is 7.11 Å². The molecule has 0 spiro atoms. The summed E-state index contributed by atoms with van der Waals surface area (Å²) in [6, 6.07) is 23.2. The Balaban J connectivity index is 1.71. The van der Waals surface area contributed by atoms with Crippen molar-refractivity contribution in [3.05, 3.63) is 87.9 Å². The zero-order valence-corrected chi connectivity index (χ0v) is 17.7. The Kier molecular flexibility index (Phi) is 5.99. The molecule has 30 heavy (non-hydrogen) atoms. The van der Waals surface area contributed by atoms with E-state index in [1.807, 2.05) is 66.7 Å². The molecule has 6 heteroatoms. The number of hydrogen-bond acceptors (Lipinski definition) is 5. The molecule has 3 aromatic carbocycles. The first-order valence-electron chi connectivity index (χ1n) is 9.20. The fourth-order valence-electron chi connectivity index (χ4n) is 3.03. The highest BCUT2D eigenvalue weighted by atomic mass is 35.5. The Hall–Kier alpha value is -3.33. The zero-order valence-electron chi connectivity index (χ0n) is 16.1. The van der Waals surface area contributed by atoms with Crippen molar-refractivity contribution in [3.8, 4) is 17.6 Å². The summed E-state index contributed by atoms with van der Waals surface area (Å²) >= 11 is 7.56. The van der Waals surface area contributed by atoms with Crippen molar-refractivity contribution in [3.63, 3.8) is 0 Å². The number of rotatable bonds is 6. The third kappa shape index (κ3) is 4.30. The van der Waals surface area contributed by atoms with E-state index in [1.54, 1.807) is 13.2 Å². The molecular formula is C24H17ClN2O2S. The zero-order chi connectivity index (χ0) is 20.9. The number of thiazole rings is 1. The predicted molar refractivity (Wildman–Crippen MR) is 122 cm³/mol. The normalized spacial score (nSPS) is 11.3. The predicted octanol–water partition coefficient (Wildman–Crippen LogP) is 6.60. The maximum Gasteiger partial charge on any atom is 0.168 e. The fraction of sp³-hybridized carbons (Fsp3) is 0.0833. The first-order chi connectivity index (χ1) is 14.7. The maximum atomic E-state index is 9.78. The summed E-state index contributed by atoms with van der Waals surface area (Å²) in [5.74, 6) is 1.15. The molecule has 148 valence electrons. The number of fused-ring (bicyclic) bond motifs is 1. The minimum atomic E-state index is 0.324. The number of nitriles is 1. The van der Waals surface area contributed by atoms with Crippen LogP contribution in [0.3, 0.4) is 0 Å². The largest absolute Gasteiger partial charge is 0.493 e. The molecule has 0 radical (unpaired) electrons. The number of methoxy groups -OCH3 is 1. The molecule has 0 saturated carbocycles. The Morgan fingerprint density at radius 2 is 1.97 bits per heavy atom. The molecule has 1 heterocycles. The molecular weight excluding hydrogens is 416 g/mol. The molecule has 0 atom stereocenters. The molecule has 0 unspecified atom stereocenters. The van der Waals surface area contributed by atoms with Crippen LogP contribution in [0, 0.1) is 11.3 Å². The van der Waals surface area contributed by atoms with E-state index in [0.717, 1.165) is 21.3 Å². The van der Waals surface area contributed by atoms with Crippen LogP contribution in [0.1, 0.15) is 16.1 Å². The van der Waals surface area contributed by atoms with Gasteiger partial charge in [0.05, 0.1) is 22.9 Å². The number of hydrogen-bond donors (Lipinski definition) is 0. The van der Waals surface area contributed by atoms with Gasteiger partial charge in [0.25, 0.3) is 0 Å². The lowest BCUT2D eigenvalue weighted by Gasteiger charge is -2.14. The SMILES string of the molecule is COc1cccc(C=C(C#N)c2nc3ccccc3s2)c1OCc1cccc(Cl)c1. The summed E-state index contributed by atoms with van der Waals surface area (Å²) in [5, 5.41) is 11.1. The van der Waals surface area contributed by atoms with Gasteiger partial charge >= 0.3 is 0 Å². The second kappa shape index (κ2) is 9.00. The van der Waals surface area contributed by atoms with Crippen LogP contribution in [-0.4, -0.2) is 12.1 Å². The number of halogens is 1. The van der Waals surface area contributed by atoms with Gasteiger partial charge in [-0.3, -0.25) is 0 Å². The third-order valence-corrected chi connectivity index (χ3v) is 5.75. The Bertz CT molecular complexity index is 1240. The van der Waals surface area contributed by atoms with Gasteiger partial charge in [0.1, 0.15) is 17.7 Å². The molecule has 0 amide bonds. The van der Waals surface area contributed by atoms with Crippen molar-refractivity contribution in [2.45, 2.75) is 6.61 Å². The fourth-order valence-corrected chi connectivity index (χ4v) is 4.17. The topological polar surface area (TPSA) is 55.1 Å². The first-order valence-corrected chi connectivity index (χ1v) is 10.4. The van der Waals surface area contributed by atoms with E-state index in [9.17, 15) is 5.26 Å². The van der Waals surface area contributed by atoms with Crippen LogP contribution >= 0.6 is 22.9 Å². The summed E-state index contributed by atoms with van der Waals surface area (Å²) < 4.78 is 12.6. The molecule has 0 aliphatic rings. The first kappa shape index (κ1) is 20.0. The average molecular weight is 433 g/mol. The Morgan fingerprint density at radius 3 is 2.73 bits per heavy atom. The highest BCUT2D eigenvalue weighted by Gasteiger charge is 2.14. The van der Waals surface area contributed by atoms with E-state index in [0.29, 0.717) is 33.7 Å². The van der Waals surface area contributed by atoms with Gasteiger partial charge in [-0.25, -0.2) is 4.98 Å². The maximum absolute atomic E-state index is 9.78. The van der Waals surface area contributed by atoms with Gasteiger partial charge in [-0.2, -0.15) is 5.26 Å². The van der Waals surface area contributed by atoms with Crippen LogP contribution in [-0.2, 0) is 6.61 Å². The van der Waals surface area contributed by atoms with Crippen LogP contribution in [0.2, 0.25) is 5.02 Å². The second-order valence-corrected chi connectivity index (χ2v) is 7.92. The van der Waals surface area contributed by atoms with Crippen molar-refractivity contribution in [1.82, 2.24) is 4.98 Å². The standard InChI is InChI=1S/C24H17ClN2O2S/c1-28-21-10-5-7-17(23(21)29-15-16-6-4-8-19(25)12-16)13-18(14-26)24-27-20-9-2-3-11-22(20)30-24/h2-13H,15H2,1H3. The lowest BCUT2D eigenvalue weighted by Crippen LogP contribution is -1.99. The summed E-state index contributed by atoms with van der Waals surface area (Å²) in [7, 11) is 1.59. The van der Waals surface area contributed by atoms with Crippen LogP contribution in [0.4, 0.5) is 0 Å². The number of para-hydroxylation sites is 2. The van der Waals surface area contributed by atoms with Crippen LogP contribution in [0.25, 0.3) is 21.9 Å². The Labute approximate surface area is 183 Å². The second-order valence-electron chi connectivity index (χ2n) is 6.45. The molecule has 4 aromatic rings. The van der Waals surface area contributed by atoms with E-state index in [1.165, 1.54) is 11.3 Å². The van der Waals surface area contributed by atoms with Crippen LogP contribution < -0.4 is 9.47 Å². The Morgan fingerprint density at radius 1 is 1.13 bits per heavy atom. The van der Waals surface area contributed by atoms with Gasteiger partial charge in [0.15, 0.2) is 11.5 Å². The minimum absolute atomic E-state index is 0.324. The van der Waals surface area contributed by atoms with E-state index in [2.05, 4.69) is 11.1 Å². The molecule has 0 bridgehead atoms. The number of allylic oxidation sites excluding steroid dienone is 1. The third-order valence-electron chi connectivity index (χ3n) is 4.45. The summed E-state index contributed by atoms with van der Waals surface area (Å²) in [4.78, 5) is 4.60. The summed E-state index contributed by atoms with van der Waals surface area (Å²) in [6.45, 7) is 0.324. The molecule has 0 fully saturated rings. The van der Waals surface area contributed by atoms with Gasteiger partial charge < -0.3 is 9.47 Å². The highest BCUT2D eigenvalue weighted by Crippen LogP contribution is 2.35. The molecule has 4 nitrogen and oxygen atoms in total. The number of nitrogens with zero attached hydrogens (tertiary/aromatic N) is 2. The van der Waals surface area contributed by atoms with Gasteiger partial charge in [-0.05, 0) is 42.0 Å². The minimum Gasteiger partial charge on any atom is -0.493 e. The van der Waals surface area contributed by atoms with Gasteiger partial charge in [-0.1, -0.05) is 48.0 Å². The van der Waals surface area contributed by atoms with Crippen molar-refractivity contribution >= 4 is 44.8 Å². The van der Waals surface area contributed by atoms with Gasteiger partial charge in [0.2, 0.25) is 0 Å². The van der Waals surface area contributed by atoms with Crippen molar-refractivity contribution < 1.29 is 9.47 Å². The van der Waals surface area contributed by atoms with Crippen molar-refractivity contribution in [1.29, 1.82) is 5.26 Å². The van der Waals surface area contributed by atoms with E-state index in [-0.39, 0.29) is 0 Å². The number of aromatic nitrogens is 1. The van der Waals surface area contributed by atoms with Crippen LogP contribution in [0.15, 0.2) is 66.7 Å². The number of ether oxygens (including phenoxy) is 2. The smallest absolute Gasteiger partial charge is 0.168 e. The van der Waals surface area contributed by atoms with Crippen LogP contribution in [0.5, 0.6) is 11.5 Å². The molecule has 0 saturated heterocycles. The molecule has 1 aromatic heterocycles. The van der Waals surface area contributed by atoms with Gasteiger partial charge in [-0.15, -0.1) is 11.3 Å². The average Bonchev–Trinajstić information content (AvgIpc) is 3.20. The monoisotopic (exact) mass is 432 g/mol. The lowest BCUT2D eigenvalue weighted by atomic mass is 10.1. The van der Waals surface area contributed by atoms with Crippen molar-refractivity contribution in [2.24, 2.45) is 0 Å². The van der Waals surface area contributed by atoms with E-state index in [4.69, 9.17) is 21.1 Å².